The zero-order valence-electron chi connectivity index (χ0n) is 17.0. The summed E-state index contributed by atoms with van der Waals surface area (Å²) < 4.78 is 0. The van der Waals surface area contributed by atoms with Crippen LogP contribution in [0.25, 0.3) is 0 Å². The molecular weight excluding hydrogens is 394 g/mol. The number of aromatic nitrogens is 3. The maximum Gasteiger partial charge on any atom is 0.223 e. The Balaban J connectivity index is 1.35. The Morgan fingerprint density at radius 1 is 1.10 bits per heavy atom. The Labute approximate surface area is 181 Å². The minimum absolute atomic E-state index is 0.0304. The number of aryl methyl sites for hydroxylation is 1. The predicted molar refractivity (Wildman–Crippen MR) is 118 cm³/mol. The summed E-state index contributed by atoms with van der Waals surface area (Å²) >= 11 is 1.63. The van der Waals surface area contributed by atoms with Crippen molar-refractivity contribution in [3.8, 4) is 0 Å². The third kappa shape index (κ3) is 5.16. The van der Waals surface area contributed by atoms with Gasteiger partial charge in [0.15, 0.2) is 5.82 Å². The molecule has 1 aliphatic rings. The summed E-state index contributed by atoms with van der Waals surface area (Å²) in [6, 6.07) is 12.3. The number of carbonyl (C=O) groups is 1. The number of hydrogen-bond acceptors (Lipinski definition) is 6. The average molecular weight is 420 g/mol. The minimum Gasteiger partial charge on any atom is -0.354 e. The topological polar surface area (TPSA) is 71.0 Å². The highest BCUT2D eigenvalue weighted by Crippen LogP contribution is 2.34. The molecule has 1 fully saturated rings. The van der Waals surface area contributed by atoms with E-state index in [0.29, 0.717) is 6.54 Å². The summed E-state index contributed by atoms with van der Waals surface area (Å²) in [5.41, 5.74) is 2.25. The van der Waals surface area contributed by atoms with Gasteiger partial charge < -0.3 is 10.2 Å². The standard InChI is InChI=1S/C23H25N5OS/c1-17-4-6-20(7-5-17)30-23-21(25-11-12-26-23)28-13-8-19(9-14-28)22(29)27-16-18-3-2-10-24-15-18/h2-7,10-12,15,19H,8-9,13-14,16H2,1H3,(H,27,29). The van der Waals surface area contributed by atoms with Crippen LogP contribution >= 0.6 is 11.8 Å². The van der Waals surface area contributed by atoms with Crippen molar-refractivity contribution < 1.29 is 4.79 Å². The van der Waals surface area contributed by atoms with E-state index in [1.54, 1.807) is 36.5 Å². The maximum atomic E-state index is 12.6. The van der Waals surface area contributed by atoms with Crippen LogP contribution in [0, 0.1) is 12.8 Å². The van der Waals surface area contributed by atoms with Gasteiger partial charge in [-0.15, -0.1) is 0 Å². The lowest BCUT2D eigenvalue weighted by molar-refractivity contribution is -0.125. The van der Waals surface area contributed by atoms with E-state index in [2.05, 4.69) is 56.4 Å². The largest absolute Gasteiger partial charge is 0.354 e. The lowest BCUT2D eigenvalue weighted by Gasteiger charge is -2.32. The zero-order valence-corrected chi connectivity index (χ0v) is 17.8. The van der Waals surface area contributed by atoms with Crippen LogP contribution in [0.2, 0.25) is 0 Å². The number of pyridine rings is 1. The van der Waals surface area contributed by atoms with Gasteiger partial charge in [0.2, 0.25) is 5.91 Å². The molecule has 7 heteroatoms. The van der Waals surface area contributed by atoms with Crippen LogP contribution in [-0.2, 0) is 11.3 Å². The Morgan fingerprint density at radius 2 is 1.87 bits per heavy atom. The Kier molecular flexibility index (Phi) is 6.59. The molecule has 1 aliphatic heterocycles. The fourth-order valence-electron chi connectivity index (χ4n) is 3.51. The second-order valence-corrected chi connectivity index (χ2v) is 8.50. The van der Waals surface area contributed by atoms with Gasteiger partial charge >= 0.3 is 0 Å². The first kappa shape index (κ1) is 20.3. The highest BCUT2D eigenvalue weighted by Gasteiger charge is 2.27. The Bertz CT molecular complexity index is 972. The first-order valence-corrected chi connectivity index (χ1v) is 11.0. The van der Waals surface area contributed by atoms with Gasteiger partial charge in [-0.25, -0.2) is 9.97 Å². The van der Waals surface area contributed by atoms with Crippen molar-refractivity contribution in [1.29, 1.82) is 0 Å². The van der Waals surface area contributed by atoms with E-state index in [9.17, 15) is 4.79 Å². The molecule has 0 atom stereocenters. The first-order chi connectivity index (χ1) is 14.7. The number of hydrogen-bond donors (Lipinski definition) is 1. The fraction of sp³-hybridized carbons (Fsp3) is 0.304. The molecule has 1 saturated heterocycles. The molecule has 0 unspecified atom stereocenters. The van der Waals surface area contributed by atoms with Crippen molar-refractivity contribution in [3.63, 3.8) is 0 Å². The van der Waals surface area contributed by atoms with E-state index in [4.69, 9.17) is 0 Å². The molecule has 154 valence electrons. The van der Waals surface area contributed by atoms with E-state index < -0.39 is 0 Å². The predicted octanol–water partition coefficient (Wildman–Crippen LogP) is 3.86. The molecular formula is C23H25N5OS. The van der Waals surface area contributed by atoms with Crippen molar-refractivity contribution in [3.05, 3.63) is 72.3 Å². The van der Waals surface area contributed by atoms with E-state index >= 15 is 0 Å². The molecule has 30 heavy (non-hydrogen) atoms. The maximum absolute atomic E-state index is 12.6. The van der Waals surface area contributed by atoms with Crippen molar-refractivity contribution in [2.24, 2.45) is 5.92 Å². The van der Waals surface area contributed by atoms with Crippen LogP contribution in [0.1, 0.15) is 24.0 Å². The third-order valence-corrected chi connectivity index (χ3v) is 6.23. The van der Waals surface area contributed by atoms with Crippen molar-refractivity contribution >= 4 is 23.5 Å². The summed E-state index contributed by atoms with van der Waals surface area (Å²) in [5.74, 6) is 1.05. The molecule has 0 spiro atoms. The number of nitrogens with one attached hydrogen (secondary N) is 1. The zero-order chi connectivity index (χ0) is 20.8. The molecule has 0 aliphatic carbocycles. The molecule has 6 nitrogen and oxygen atoms in total. The number of amides is 1. The highest BCUT2D eigenvalue weighted by atomic mass is 32.2. The van der Waals surface area contributed by atoms with Crippen LogP contribution in [0.5, 0.6) is 0 Å². The van der Waals surface area contributed by atoms with Gasteiger partial charge in [-0.05, 0) is 43.5 Å². The van der Waals surface area contributed by atoms with Gasteiger partial charge in [0.05, 0.1) is 0 Å². The lowest BCUT2D eigenvalue weighted by atomic mass is 9.96. The summed E-state index contributed by atoms with van der Waals surface area (Å²) in [6.07, 6.45) is 8.61. The summed E-state index contributed by atoms with van der Waals surface area (Å²) in [6.45, 7) is 4.20. The molecule has 3 heterocycles. The monoisotopic (exact) mass is 419 g/mol. The summed E-state index contributed by atoms with van der Waals surface area (Å²) in [5, 5.41) is 3.95. The fourth-order valence-corrected chi connectivity index (χ4v) is 4.40. The number of carbonyl (C=O) groups excluding carboxylic acids is 1. The van der Waals surface area contributed by atoms with Crippen LogP contribution in [-0.4, -0.2) is 33.9 Å². The Morgan fingerprint density at radius 3 is 2.60 bits per heavy atom. The number of rotatable bonds is 6. The molecule has 0 radical (unpaired) electrons. The summed E-state index contributed by atoms with van der Waals surface area (Å²) in [7, 11) is 0. The molecule has 4 rings (SSSR count). The summed E-state index contributed by atoms with van der Waals surface area (Å²) in [4.78, 5) is 29.2. The average Bonchev–Trinajstić information content (AvgIpc) is 2.80. The highest BCUT2D eigenvalue weighted by molar-refractivity contribution is 7.99. The molecule has 1 aromatic carbocycles. The number of nitrogens with zero attached hydrogens (tertiary/aromatic N) is 4. The van der Waals surface area contributed by atoms with E-state index in [0.717, 1.165) is 47.2 Å². The second kappa shape index (κ2) is 9.71. The molecule has 1 N–H and O–H groups in total. The molecule has 1 amide bonds. The Hall–Kier alpha value is -2.93. The van der Waals surface area contributed by atoms with E-state index in [-0.39, 0.29) is 11.8 Å². The van der Waals surface area contributed by atoms with Crippen molar-refractivity contribution in [1.82, 2.24) is 20.3 Å². The SMILES string of the molecule is Cc1ccc(Sc2nccnc2N2CCC(C(=O)NCc3cccnc3)CC2)cc1. The third-order valence-electron chi connectivity index (χ3n) is 5.24. The van der Waals surface area contributed by atoms with Gasteiger partial charge in [0.25, 0.3) is 0 Å². The first-order valence-electron chi connectivity index (χ1n) is 10.2. The van der Waals surface area contributed by atoms with Gasteiger partial charge in [0.1, 0.15) is 5.03 Å². The van der Waals surface area contributed by atoms with Crippen molar-refractivity contribution in [2.45, 2.75) is 36.2 Å². The normalized spacial score (nSPS) is 14.5. The quantitative estimate of drug-likeness (QED) is 0.654. The second-order valence-electron chi connectivity index (χ2n) is 7.44. The molecule has 3 aromatic rings. The van der Waals surface area contributed by atoms with Crippen LogP contribution in [0.3, 0.4) is 0 Å². The molecule has 0 bridgehead atoms. The molecule has 2 aromatic heterocycles. The minimum atomic E-state index is 0.0304. The number of piperidine rings is 1. The van der Waals surface area contributed by atoms with Crippen LogP contribution < -0.4 is 10.2 Å². The van der Waals surface area contributed by atoms with Gasteiger partial charge in [0, 0.05) is 55.2 Å². The van der Waals surface area contributed by atoms with Crippen LogP contribution in [0.4, 0.5) is 5.82 Å². The smallest absolute Gasteiger partial charge is 0.223 e. The number of anilines is 1. The van der Waals surface area contributed by atoms with E-state index in [1.807, 2.05) is 12.1 Å². The number of benzene rings is 1. The molecule has 0 saturated carbocycles. The van der Waals surface area contributed by atoms with E-state index in [1.165, 1.54) is 5.56 Å². The lowest BCUT2D eigenvalue weighted by Crippen LogP contribution is -2.41. The van der Waals surface area contributed by atoms with Crippen molar-refractivity contribution in [2.75, 3.05) is 18.0 Å². The van der Waals surface area contributed by atoms with Crippen LogP contribution in [0.15, 0.2) is 71.1 Å². The van der Waals surface area contributed by atoms with Gasteiger partial charge in [-0.2, -0.15) is 0 Å². The van der Waals surface area contributed by atoms with Gasteiger partial charge in [-0.1, -0.05) is 35.5 Å². The van der Waals surface area contributed by atoms with Gasteiger partial charge in [-0.3, -0.25) is 9.78 Å².